The molecular formula is C18H13BF7. The fourth-order valence-corrected chi connectivity index (χ4v) is 2.55. The van der Waals surface area contributed by atoms with Gasteiger partial charge in [0.05, 0.1) is 11.1 Å². The highest BCUT2D eigenvalue weighted by atomic mass is 19.4. The summed E-state index contributed by atoms with van der Waals surface area (Å²) in [6.07, 6.45) is -8.49. The Morgan fingerprint density at radius 2 is 1.46 bits per heavy atom. The number of hydrogen-bond donors (Lipinski definition) is 0. The molecule has 2 rings (SSSR count). The largest absolute Gasteiger partial charge is 0.419 e. The van der Waals surface area contributed by atoms with E-state index in [1.807, 2.05) is 0 Å². The van der Waals surface area contributed by atoms with Crippen LogP contribution in [0.4, 0.5) is 30.7 Å². The van der Waals surface area contributed by atoms with Gasteiger partial charge < -0.3 is 0 Å². The predicted molar refractivity (Wildman–Crippen MR) is 86.7 cm³/mol. The second-order valence-electron chi connectivity index (χ2n) is 5.74. The summed E-state index contributed by atoms with van der Waals surface area (Å²) in [6.45, 7) is 4.89. The molecule has 2 aromatic rings. The molecule has 0 aliphatic rings. The second kappa shape index (κ2) is 7.17. The molecule has 0 saturated heterocycles. The molecule has 0 saturated carbocycles. The number of rotatable bonds is 4. The molecule has 1 radical (unpaired) electrons. The molecule has 1 unspecified atom stereocenters. The fraction of sp³-hybridized carbons (Fsp3) is 0.222. The maximum atomic E-state index is 13.6. The molecule has 0 nitrogen and oxygen atoms in total. The standard InChI is InChI=1S/C18H13BF7/c1-3-11-4-6-12(7-5-11)19-10(2)13-8-15(18(24,25)26)16(20)9-14(13)17(21,22)23/h3-10H,1H2,2H3. The van der Waals surface area contributed by atoms with Crippen molar-refractivity contribution >= 4 is 18.8 Å². The minimum absolute atomic E-state index is 0.0939. The molecule has 0 aliphatic carbocycles. The molecule has 0 bridgehead atoms. The van der Waals surface area contributed by atoms with Crippen molar-refractivity contribution in [1.82, 2.24) is 0 Å². The van der Waals surface area contributed by atoms with E-state index in [0.717, 1.165) is 5.56 Å². The van der Waals surface area contributed by atoms with Gasteiger partial charge >= 0.3 is 12.4 Å². The summed E-state index contributed by atoms with van der Waals surface area (Å²) in [5.41, 5.74) is -2.47. The van der Waals surface area contributed by atoms with E-state index in [1.165, 1.54) is 14.2 Å². The third-order valence-electron chi connectivity index (χ3n) is 3.86. The normalized spacial score (nSPS) is 13.4. The first-order chi connectivity index (χ1) is 11.9. The Morgan fingerprint density at radius 1 is 0.923 bits per heavy atom. The van der Waals surface area contributed by atoms with E-state index in [9.17, 15) is 30.7 Å². The van der Waals surface area contributed by atoms with Crippen LogP contribution in [0, 0.1) is 5.82 Å². The van der Waals surface area contributed by atoms with Gasteiger partial charge in [0.1, 0.15) is 5.82 Å². The van der Waals surface area contributed by atoms with Crippen LogP contribution in [0.3, 0.4) is 0 Å². The maximum absolute atomic E-state index is 13.6. The van der Waals surface area contributed by atoms with Gasteiger partial charge in [-0.3, -0.25) is 0 Å². The SMILES string of the molecule is C=Cc1ccc([B]C(C)c2cc(C(F)(F)F)c(F)cc2C(F)(F)F)cc1. The molecule has 0 amide bonds. The Bertz CT molecular complexity index is 789. The number of hydrogen-bond acceptors (Lipinski definition) is 0. The Kier molecular flexibility index (Phi) is 5.54. The van der Waals surface area contributed by atoms with Crippen molar-refractivity contribution in [3.63, 3.8) is 0 Å². The topological polar surface area (TPSA) is 0 Å². The van der Waals surface area contributed by atoms with Gasteiger partial charge in [0.2, 0.25) is 0 Å². The van der Waals surface area contributed by atoms with Crippen LogP contribution in [0.1, 0.15) is 35.0 Å². The van der Waals surface area contributed by atoms with Crippen LogP contribution in [0.15, 0.2) is 43.0 Å². The smallest absolute Gasteiger partial charge is 0.206 e. The lowest BCUT2D eigenvalue weighted by molar-refractivity contribution is -0.143. The Balaban J connectivity index is 2.48. The van der Waals surface area contributed by atoms with Gasteiger partial charge in [-0.15, -0.1) is 0 Å². The van der Waals surface area contributed by atoms with E-state index in [1.54, 1.807) is 30.3 Å². The van der Waals surface area contributed by atoms with Gasteiger partial charge in [-0.05, 0) is 29.1 Å². The van der Waals surface area contributed by atoms with Gasteiger partial charge in [0.15, 0.2) is 7.28 Å². The summed E-state index contributed by atoms with van der Waals surface area (Å²) in [6, 6.07) is 6.69. The molecule has 0 aromatic heterocycles. The molecule has 137 valence electrons. The first kappa shape index (κ1) is 20.1. The lowest BCUT2D eigenvalue weighted by Crippen LogP contribution is -2.24. The lowest BCUT2D eigenvalue weighted by Gasteiger charge is -2.21. The summed E-state index contributed by atoms with van der Waals surface area (Å²) in [4.78, 5) is 0. The molecule has 0 fully saturated rings. The number of halogens is 7. The van der Waals surface area contributed by atoms with E-state index < -0.39 is 40.7 Å². The van der Waals surface area contributed by atoms with Crippen molar-refractivity contribution in [3.8, 4) is 0 Å². The Morgan fingerprint density at radius 3 is 1.92 bits per heavy atom. The third-order valence-corrected chi connectivity index (χ3v) is 3.86. The summed E-state index contributed by atoms with van der Waals surface area (Å²) in [5.74, 6) is -2.97. The van der Waals surface area contributed by atoms with Crippen molar-refractivity contribution in [2.45, 2.75) is 25.1 Å². The molecular weight excluding hydrogens is 360 g/mol. The van der Waals surface area contributed by atoms with E-state index in [-0.39, 0.29) is 12.1 Å². The second-order valence-corrected chi connectivity index (χ2v) is 5.74. The van der Waals surface area contributed by atoms with Crippen LogP contribution in [-0.2, 0) is 12.4 Å². The lowest BCUT2D eigenvalue weighted by atomic mass is 9.57. The van der Waals surface area contributed by atoms with E-state index >= 15 is 0 Å². The summed E-state index contributed by atoms with van der Waals surface area (Å²) in [7, 11) is 1.38. The van der Waals surface area contributed by atoms with Gasteiger partial charge in [0.25, 0.3) is 0 Å². The highest BCUT2D eigenvalue weighted by Gasteiger charge is 2.40. The molecule has 8 heteroatoms. The molecule has 0 spiro atoms. The number of benzene rings is 2. The zero-order valence-corrected chi connectivity index (χ0v) is 13.5. The van der Waals surface area contributed by atoms with Crippen molar-refractivity contribution in [2.75, 3.05) is 0 Å². The first-order valence-electron chi connectivity index (χ1n) is 7.48. The van der Waals surface area contributed by atoms with Crippen LogP contribution in [0.5, 0.6) is 0 Å². The number of alkyl halides is 6. The first-order valence-corrected chi connectivity index (χ1v) is 7.48. The quantitative estimate of drug-likeness (QED) is 0.484. The average molecular weight is 373 g/mol. The van der Waals surface area contributed by atoms with Crippen LogP contribution in [0.25, 0.3) is 6.08 Å². The van der Waals surface area contributed by atoms with Crippen LogP contribution >= 0.6 is 0 Å². The average Bonchev–Trinajstić information content (AvgIpc) is 2.53. The molecule has 0 N–H and O–H groups in total. The highest BCUT2D eigenvalue weighted by molar-refractivity contribution is 6.55. The molecule has 26 heavy (non-hydrogen) atoms. The van der Waals surface area contributed by atoms with Crippen LogP contribution < -0.4 is 5.46 Å². The summed E-state index contributed by atoms with van der Waals surface area (Å²) < 4.78 is 91.8. The molecule has 2 aromatic carbocycles. The Labute approximate surface area is 146 Å². The third kappa shape index (κ3) is 4.48. The van der Waals surface area contributed by atoms with Crippen molar-refractivity contribution in [1.29, 1.82) is 0 Å². The fourth-order valence-electron chi connectivity index (χ4n) is 2.55. The van der Waals surface area contributed by atoms with Crippen molar-refractivity contribution in [2.24, 2.45) is 0 Å². The molecule has 0 heterocycles. The maximum Gasteiger partial charge on any atom is 0.419 e. The van der Waals surface area contributed by atoms with Crippen LogP contribution in [0.2, 0.25) is 0 Å². The van der Waals surface area contributed by atoms with Crippen molar-refractivity contribution < 1.29 is 30.7 Å². The zero-order chi connectivity index (χ0) is 19.7. The van der Waals surface area contributed by atoms with E-state index in [0.29, 0.717) is 5.46 Å². The highest BCUT2D eigenvalue weighted by Crippen LogP contribution is 2.40. The van der Waals surface area contributed by atoms with Crippen molar-refractivity contribution in [3.05, 3.63) is 71.0 Å². The van der Waals surface area contributed by atoms with Gasteiger partial charge in [-0.2, -0.15) is 26.3 Å². The molecule has 1 atom stereocenters. The Hall–Kier alpha value is -2.25. The van der Waals surface area contributed by atoms with E-state index in [2.05, 4.69) is 6.58 Å². The van der Waals surface area contributed by atoms with Crippen LogP contribution in [-0.4, -0.2) is 7.28 Å². The zero-order valence-electron chi connectivity index (χ0n) is 13.5. The van der Waals surface area contributed by atoms with Gasteiger partial charge in [0, 0.05) is 0 Å². The van der Waals surface area contributed by atoms with Gasteiger partial charge in [-0.25, -0.2) is 4.39 Å². The predicted octanol–water partition coefficient (Wildman–Crippen LogP) is 5.60. The summed E-state index contributed by atoms with van der Waals surface area (Å²) >= 11 is 0. The minimum Gasteiger partial charge on any atom is -0.206 e. The monoisotopic (exact) mass is 373 g/mol. The van der Waals surface area contributed by atoms with Gasteiger partial charge in [-0.1, -0.05) is 49.3 Å². The minimum atomic E-state index is -5.09. The van der Waals surface area contributed by atoms with E-state index in [4.69, 9.17) is 0 Å². The molecule has 0 aliphatic heterocycles. The summed E-state index contributed by atoms with van der Waals surface area (Å²) in [5, 5.41) is 0.